The molecule has 0 amide bonds. The molecule has 1 fully saturated rings. The minimum Gasteiger partial charge on any atom is -0.465 e. The highest BCUT2D eigenvalue weighted by atomic mass is 19.1. The van der Waals surface area contributed by atoms with Crippen LogP contribution in [0.15, 0.2) is 30.3 Å². The molecule has 4 heteroatoms. The van der Waals surface area contributed by atoms with Crippen molar-refractivity contribution in [3.05, 3.63) is 35.9 Å². The van der Waals surface area contributed by atoms with Crippen LogP contribution in [0, 0.1) is 16.7 Å². The monoisotopic (exact) mass is 233 g/mol. The molecular weight excluding hydrogens is 221 g/mol. The summed E-state index contributed by atoms with van der Waals surface area (Å²) in [6, 6.07) is 10.5. The molecule has 1 unspecified atom stereocenters. The number of carbonyl (C=O) groups excluding carboxylic acids is 1. The molecule has 0 N–H and O–H groups in total. The first-order valence-corrected chi connectivity index (χ1v) is 5.46. The van der Waals surface area contributed by atoms with E-state index in [1.165, 1.54) is 0 Å². The number of hydrogen-bond donors (Lipinski definition) is 0. The first-order valence-electron chi connectivity index (χ1n) is 5.46. The molecule has 0 radical (unpaired) electrons. The van der Waals surface area contributed by atoms with E-state index in [2.05, 4.69) is 0 Å². The van der Waals surface area contributed by atoms with Crippen LogP contribution < -0.4 is 0 Å². The van der Waals surface area contributed by atoms with Crippen LogP contribution in [0.25, 0.3) is 0 Å². The molecule has 0 spiro atoms. The van der Waals surface area contributed by atoms with E-state index in [4.69, 9.17) is 10.00 Å². The zero-order chi connectivity index (χ0) is 12.5. The number of hydrogen-bond acceptors (Lipinski definition) is 3. The summed E-state index contributed by atoms with van der Waals surface area (Å²) in [4.78, 5) is 11.7. The van der Waals surface area contributed by atoms with Crippen LogP contribution in [-0.2, 0) is 9.53 Å². The topological polar surface area (TPSA) is 50.1 Å². The van der Waals surface area contributed by atoms with Gasteiger partial charge in [-0.1, -0.05) is 30.3 Å². The molecule has 0 aliphatic heterocycles. The van der Waals surface area contributed by atoms with Crippen molar-refractivity contribution in [3.8, 4) is 6.07 Å². The normalized spacial score (nSPS) is 30.4. The Morgan fingerprint density at radius 3 is 2.71 bits per heavy atom. The van der Waals surface area contributed by atoms with Crippen LogP contribution in [0.2, 0.25) is 0 Å². The smallest absolute Gasteiger partial charge is 0.330 e. The van der Waals surface area contributed by atoms with Crippen LogP contribution in [0.1, 0.15) is 18.4 Å². The quantitative estimate of drug-likeness (QED) is 0.752. The molecule has 0 bridgehead atoms. The summed E-state index contributed by atoms with van der Waals surface area (Å²) in [5.74, 6) is -1.46. The van der Waals surface area contributed by atoms with Crippen molar-refractivity contribution < 1.29 is 13.9 Å². The molecule has 3 nitrogen and oxygen atoms in total. The third kappa shape index (κ3) is 1.59. The van der Waals surface area contributed by atoms with Gasteiger partial charge in [0, 0.05) is 5.92 Å². The Morgan fingerprint density at radius 2 is 2.18 bits per heavy atom. The van der Waals surface area contributed by atoms with Crippen molar-refractivity contribution in [3.63, 3.8) is 0 Å². The van der Waals surface area contributed by atoms with Gasteiger partial charge in [0.25, 0.3) is 0 Å². The second-order valence-corrected chi connectivity index (χ2v) is 3.99. The van der Waals surface area contributed by atoms with E-state index in [-0.39, 0.29) is 6.61 Å². The summed E-state index contributed by atoms with van der Waals surface area (Å²) in [5.41, 5.74) is -0.980. The van der Waals surface area contributed by atoms with E-state index < -0.39 is 23.5 Å². The van der Waals surface area contributed by atoms with Crippen LogP contribution >= 0.6 is 0 Å². The van der Waals surface area contributed by atoms with E-state index in [1.54, 1.807) is 43.3 Å². The van der Waals surface area contributed by atoms with Crippen molar-refractivity contribution >= 4 is 5.97 Å². The number of carbonyl (C=O) groups is 1. The van der Waals surface area contributed by atoms with Crippen molar-refractivity contribution in [2.45, 2.75) is 19.0 Å². The number of benzene rings is 1. The maximum absolute atomic E-state index is 13.8. The zero-order valence-corrected chi connectivity index (χ0v) is 9.39. The zero-order valence-electron chi connectivity index (χ0n) is 9.39. The highest BCUT2D eigenvalue weighted by molar-refractivity contribution is 5.87. The summed E-state index contributed by atoms with van der Waals surface area (Å²) < 4.78 is 18.6. The van der Waals surface area contributed by atoms with Crippen molar-refractivity contribution in [1.82, 2.24) is 0 Å². The maximum Gasteiger partial charge on any atom is 0.330 e. The Hall–Kier alpha value is -1.89. The van der Waals surface area contributed by atoms with E-state index in [0.29, 0.717) is 5.56 Å². The van der Waals surface area contributed by atoms with Gasteiger partial charge in [0.15, 0.2) is 5.41 Å². The van der Waals surface area contributed by atoms with Crippen LogP contribution in [-0.4, -0.2) is 18.7 Å². The van der Waals surface area contributed by atoms with Crippen LogP contribution in [0.4, 0.5) is 4.39 Å². The highest BCUT2D eigenvalue weighted by Crippen LogP contribution is 2.61. The number of nitriles is 1. The number of nitrogens with zero attached hydrogens (tertiary/aromatic N) is 1. The van der Waals surface area contributed by atoms with Gasteiger partial charge in [-0.25, -0.2) is 4.39 Å². The first kappa shape index (κ1) is 11.6. The minimum absolute atomic E-state index is 0.149. The second-order valence-electron chi connectivity index (χ2n) is 3.99. The SMILES string of the molecule is CCOC(=O)[C@]1(C#N)C(F)[C@H]1c1ccccc1. The lowest BCUT2D eigenvalue weighted by Gasteiger charge is -2.06. The number of alkyl halides is 1. The van der Waals surface area contributed by atoms with Gasteiger partial charge < -0.3 is 4.74 Å². The number of halogens is 1. The van der Waals surface area contributed by atoms with Gasteiger partial charge >= 0.3 is 5.97 Å². The molecule has 0 saturated heterocycles. The standard InChI is InChI=1S/C13H12FNO2/c1-2-17-12(16)13(8-15)10(11(13)14)9-6-4-3-5-7-9/h3-7,10-11H,2H2,1H3/t10-,11?,13+/m1/s1. The third-order valence-electron chi connectivity index (χ3n) is 3.07. The number of rotatable bonds is 3. The van der Waals surface area contributed by atoms with Gasteiger partial charge in [-0.05, 0) is 12.5 Å². The fraction of sp³-hybridized carbons (Fsp3) is 0.385. The van der Waals surface area contributed by atoms with Crippen molar-refractivity contribution in [1.29, 1.82) is 5.26 Å². The van der Waals surface area contributed by atoms with Gasteiger partial charge in [-0.15, -0.1) is 0 Å². The lowest BCUT2D eigenvalue weighted by Crippen LogP contribution is -2.21. The lowest BCUT2D eigenvalue weighted by molar-refractivity contribution is -0.148. The summed E-state index contributed by atoms with van der Waals surface area (Å²) in [6.45, 7) is 1.78. The summed E-state index contributed by atoms with van der Waals surface area (Å²) in [5, 5.41) is 9.06. The van der Waals surface area contributed by atoms with Crippen LogP contribution in [0.3, 0.4) is 0 Å². The average Bonchev–Trinajstić information content (AvgIpc) is 2.97. The van der Waals surface area contributed by atoms with Crippen LogP contribution in [0.5, 0.6) is 0 Å². The maximum atomic E-state index is 13.8. The fourth-order valence-electron chi connectivity index (χ4n) is 2.10. The molecule has 1 aromatic carbocycles. The predicted octanol–water partition coefficient (Wildman–Crippen LogP) is 2.19. The Bertz CT molecular complexity index is 468. The Morgan fingerprint density at radius 1 is 1.53 bits per heavy atom. The first-order chi connectivity index (χ1) is 8.18. The van der Waals surface area contributed by atoms with E-state index in [1.807, 2.05) is 0 Å². The lowest BCUT2D eigenvalue weighted by atomic mass is 10.0. The molecule has 1 aliphatic carbocycles. The molecule has 88 valence electrons. The van der Waals surface area contributed by atoms with Crippen molar-refractivity contribution in [2.24, 2.45) is 5.41 Å². The average molecular weight is 233 g/mol. The molecule has 1 aliphatic rings. The van der Waals surface area contributed by atoms with E-state index >= 15 is 0 Å². The Balaban J connectivity index is 2.29. The number of esters is 1. The molecule has 0 heterocycles. The molecule has 3 atom stereocenters. The molecule has 17 heavy (non-hydrogen) atoms. The minimum atomic E-state index is -1.64. The summed E-state index contributed by atoms with van der Waals surface area (Å²) in [6.07, 6.45) is -1.48. The summed E-state index contributed by atoms with van der Waals surface area (Å²) >= 11 is 0. The predicted molar refractivity (Wildman–Crippen MR) is 58.8 cm³/mol. The Kier molecular flexibility index (Phi) is 2.84. The molecule has 1 saturated carbocycles. The van der Waals surface area contributed by atoms with E-state index in [0.717, 1.165) is 0 Å². The van der Waals surface area contributed by atoms with Crippen molar-refractivity contribution in [2.75, 3.05) is 6.61 Å². The molecular formula is C13H12FNO2. The second kappa shape index (κ2) is 4.17. The summed E-state index contributed by atoms with van der Waals surface area (Å²) in [7, 11) is 0. The Labute approximate surface area is 98.8 Å². The third-order valence-corrected chi connectivity index (χ3v) is 3.07. The van der Waals surface area contributed by atoms with E-state index in [9.17, 15) is 9.18 Å². The molecule has 0 aromatic heterocycles. The molecule has 1 aromatic rings. The highest BCUT2D eigenvalue weighted by Gasteiger charge is 2.74. The molecule has 2 rings (SSSR count). The number of ether oxygens (including phenoxy) is 1. The van der Waals surface area contributed by atoms with Gasteiger partial charge in [-0.3, -0.25) is 4.79 Å². The van der Waals surface area contributed by atoms with Gasteiger partial charge in [0.1, 0.15) is 6.17 Å². The van der Waals surface area contributed by atoms with Gasteiger partial charge in [-0.2, -0.15) is 5.26 Å². The largest absolute Gasteiger partial charge is 0.465 e. The van der Waals surface area contributed by atoms with Gasteiger partial charge in [0.05, 0.1) is 12.7 Å². The van der Waals surface area contributed by atoms with Gasteiger partial charge in [0.2, 0.25) is 0 Å². The fourth-order valence-corrected chi connectivity index (χ4v) is 2.10.